The van der Waals surface area contributed by atoms with Gasteiger partial charge in [0.1, 0.15) is 0 Å². The zero-order valence-electron chi connectivity index (χ0n) is 14.0. The monoisotopic (exact) mass is 313 g/mol. The van der Waals surface area contributed by atoms with Crippen molar-refractivity contribution >= 4 is 5.78 Å². The lowest BCUT2D eigenvalue weighted by atomic mass is 9.49. The molecule has 122 valence electrons. The number of piperidine rings is 1. The van der Waals surface area contributed by atoms with Crippen LogP contribution in [0.1, 0.15) is 30.9 Å². The molecule has 2 aliphatic heterocycles. The van der Waals surface area contributed by atoms with Gasteiger partial charge in [-0.3, -0.25) is 4.79 Å². The SMILES string of the molecule is COc1ccc2c3c1OC1C(=O)C[C@@H](C)C4C(C2)N(C)CCC314. The lowest BCUT2D eigenvalue weighted by Crippen LogP contribution is -2.67. The van der Waals surface area contributed by atoms with E-state index in [0.29, 0.717) is 24.3 Å². The molecule has 2 bridgehead atoms. The Morgan fingerprint density at radius 3 is 2.96 bits per heavy atom. The van der Waals surface area contributed by atoms with Gasteiger partial charge in [-0.15, -0.1) is 0 Å². The molecule has 1 aromatic rings. The number of carbonyl (C=O) groups is 1. The molecule has 0 amide bonds. The maximum Gasteiger partial charge on any atom is 0.174 e. The van der Waals surface area contributed by atoms with Gasteiger partial charge in [-0.1, -0.05) is 13.0 Å². The van der Waals surface area contributed by atoms with E-state index in [-0.39, 0.29) is 17.3 Å². The second kappa shape index (κ2) is 4.29. The van der Waals surface area contributed by atoms with E-state index in [4.69, 9.17) is 9.47 Å². The number of hydrogen-bond donors (Lipinski definition) is 0. The van der Waals surface area contributed by atoms with Gasteiger partial charge < -0.3 is 14.4 Å². The van der Waals surface area contributed by atoms with E-state index in [9.17, 15) is 4.79 Å². The smallest absolute Gasteiger partial charge is 0.174 e. The molecule has 1 saturated carbocycles. The summed E-state index contributed by atoms with van der Waals surface area (Å²) < 4.78 is 11.9. The third kappa shape index (κ3) is 1.44. The first-order valence-corrected chi connectivity index (χ1v) is 8.68. The summed E-state index contributed by atoms with van der Waals surface area (Å²) >= 11 is 0. The molecule has 1 saturated heterocycles. The van der Waals surface area contributed by atoms with Crippen LogP contribution in [-0.2, 0) is 16.6 Å². The number of ether oxygens (including phenoxy) is 2. The third-order valence-corrected chi connectivity index (χ3v) is 6.91. The molecule has 5 atom stereocenters. The molecule has 0 aromatic heterocycles. The van der Waals surface area contributed by atoms with Crippen molar-refractivity contribution in [3.05, 3.63) is 23.3 Å². The number of Topliss-reactive ketones (excluding diaryl/α,β-unsaturated/α-hetero) is 1. The highest BCUT2D eigenvalue weighted by atomic mass is 16.5. The maximum absolute atomic E-state index is 12.8. The fourth-order valence-electron chi connectivity index (χ4n) is 6.12. The van der Waals surface area contributed by atoms with E-state index < -0.39 is 0 Å². The number of methoxy groups -OCH3 is 1. The average molecular weight is 313 g/mol. The summed E-state index contributed by atoms with van der Waals surface area (Å²) in [5.41, 5.74) is 2.54. The molecular formula is C19H23NO3. The molecule has 4 heteroatoms. The van der Waals surface area contributed by atoms with Gasteiger partial charge in [0.15, 0.2) is 23.4 Å². The number of carbonyl (C=O) groups excluding carboxylic acids is 1. The Morgan fingerprint density at radius 2 is 2.17 bits per heavy atom. The van der Waals surface area contributed by atoms with Crippen LogP contribution in [0.25, 0.3) is 0 Å². The fraction of sp³-hybridized carbons (Fsp3) is 0.632. The topological polar surface area (TPSA) is 38.8 Å². The maximum atomic E-state index is 12.8. The summed E-state index contributed by atoms with van der Waals surface area (Å²) in [7, 11) is 3.92. The molecule has 2 aliphatic carbocycles. The molecule has 4 nitrogen and oxygen atoms in total. The average Bonchev–Trinajstić information content (AvgIpc) is 2.88. The van der Waals surface area contributed by atoms with Gasteiger partial charge in [-0.2, -0.15) is 0 Å². The summed E-state index contributed by atoms with van der Waals surface area (Å²) in [6, 6.07) is 4.72. The summed E-state index contributed by atoms with van der Waals surface area (Å²) in [5.74, 6) is 2.84. The van der Waals surface area contributed by atoms with E-state index in [1.165, 1.54) is 11.1 Å². The van der Waals surface area contributed by atoms with E-state index in [2.05, 4.69) is 24.9 Å². The Morgan fingerprint density at radius 1 is 1.35 bits per heavy atom. The minimum absolute atomic E-state index is 0.122. The number of benzene rings is 1. The Balaban J connectivity index is 1.82. The highest BCUT2D eigenvalue weighted by Gasteiger charge is 2.67. The lowest BCUT2D eigenvalue weighted by Gasteiger charge is -2.59. The summed E-state index contributed by atoms with van der Waals surface area (Å²) in [6.45, 7) is 3.30. The highest BCUT2D eigenvalue weighted by molar-refractivity contribution is 5.89. The van der Waals surface area contributed by atoms with Crippen molar-refractivity contribution in [1.29, 1.82) is 0 Å². The second-order valence-electron chi connectivity index (χ2n) is 7.84. The predicted octanol–water partition coefficient (Wildman–Crippen LogP) is 2.18. The first-order valence-electron chi connectivity index (χ1n) is 8.68. The van der Waals surface area contributed by atoms with Crippen LogP contribution >= 0.6 is 0 Å². The molecule has 4 unspecified atom stereocenters. The Hall–Kier alpha value is -1.55. The molecule has 0 radical (unpaired) electrons. The minimum Gasteiger partial charge on any atom is -0.493 e. The van der Waals surface area contributed by atoms with E-state index in [0.717, 1.165) is 30.9 Å². The van der Waals surface area contributed by atoms with Crippen LogP contribution in [0.3, 0.4) is 0 Å². The highest BCUT2D eigenvalue weighted by Crippen LogP contribution is 2.64. The third-order valence-electron chi connectivity index (χ3n) is 6.91. The standard InChI is InChI=1S/C19H23NO3/c1-10-8-13(21)18-19-6-7-20(2)12(15(10)19)9-11-4-5-14(22-3)17(23-18)16(11)19/h4-5,10,12,15,18H,6-9H2,1-3H3/t10-,12?,15?,18?,19?/m1/s1. The zero-order chi connectivity index (χ0) is 15.9. The van der Waals surface area contributed by atoms with Crippen LogP contribution < -0.4 is 9.47 Å². The molecular weight excluding hydrogens is 290 g/mol. The van der Waals surface area contributed by atoms with Crippen LogP contribution in [0.2, 0.25) is 0 Å². The number of nitrogens with zero attached hydrogens (tertiary/aromatic N) is 1. The molecule has 0 N–H and O–H groups in total. The molecule has 1 aromatic carbocycles. The Bertz CT molecular complexity index is 715. The zero-order valence-corrected chi connectivity index (χ0v) is 14.0. The Kier molecular flexibility index (Phi) is 2.59. The number of ketones is 1. The fourth-order valence-corrected chi connectivity index (χ4v) is 6.12. The van der Waals surface area contributed by atoms with Crippen LogP contribution in [0, 0.1) is 11.8 Å². The van der Waals surface area contributed by atoms with Gasteiger partial charge >= 0.3 is 0 Å². The van der Waals surface area contributed by atoms with Crippen molar-refractivity contribution in [3.8, 4) is 11.5 Å². The molecule has 2 fully saturated rings. The molecule has 2 heterocycles. The first-order chi connectivity index (χ1) is 11.1. The van der Waals surface area contributed by atoms with E-state index in [1.54, 1.807) is 7.11 Å². The normalized spacial score (nSPS) is 40.6. The molecule has 5 rings (SSSR count). The summed E-state index contributed by atoms with van der Waals surface area (Å²) in [6.07, 6.45) is 2.42. The van der Waals surface area contributed by atoms with Gasteiger partial charge in [0.2, 0.25) is 0 Å². The van der Waals surface area contributed by atoms with Crippen LogP contribution in [0.15, 0.2) is 12.1 Å². The number of likely N-dealkylation sites (N-methyl/N-ethyl adjacent to an activating group) is 1. The quantitative estimate of drug-likeness (QED) is 0.796. The molecule has 23 heavy (non-hydrogen) atoms. The van der Waals surface area contributed by atoms with Crippen molar-refractivity contribution in [2.75, 3.05) is 20.7 Å². The van der Waals surface area contributed by atoms with Crippen molar-refractivity contribution in [2.45, 2.75) is 43.7 Å². The van der Waals surface area contributed by atoms with Gasteiger partial charge in [0, 0.05) is 23.4 Å². The Labute approximate surface area is 136 Å². The van der Waals surface area contributed by atoms with Gasteiger partial charge in [0.25, 0.3) is 0 Å². The van der Waals surface area contributed by atoms with Crippen molar-refractivity contribution < 1.29 is 14.3 Å². The van der Waals surface area contributed by atoms with Crippen molar-refractivity contribution in [2.24, 2.45) is 11.8 Å². The lowest BCUT2D eigenvalue weighted by molar-refractivity contribution is -0.143. The van der Waals surface area contributed by atoms with Crippen molar-refractivity contribution in [3.63, 3.8) is 0 Å². The van der Waals surface area contributed by atoms with Crippen LogP contribution in [0.4, 0.5) is 0 Å². The summed E-state index contributed by atoms with van der Waals surface area (Å²) in [5, 5.41) is 0. The predicted molar refractivity (Wildman–Crippen MR) is 86.1 cm³/mol. The second-order valence-corrected chi connectivity index (χ2v) is 7.84. The van der Waals surface area contributed by atoms with Crippen molar-refractivity contribution in [1.82, 2.24) is 4.90 Å². The largest absolute Gasteiger partial charge is 0.493 e. The van der Waals surface area contributed by atoms with Gasteiger partial charge in [0.05, 0.1) is 7.11 Å². The van der Waals surface area contributed by atoms with E-state index in [1.807, 2.05) is 6.07 Å². The molecule has 4 aliphatic rings. The van der Waals surface area contributed by atoms with Crippen LogP contribution in [0.5, 0.6) is 11.5 Å². The first kappa shape index (κ1) is 13.8. The van der Waals surface area contributed by atoms with Gasteiger partial charge in [-0.25, -0.2) is 0 Å². The van der Waals surface area contributed by atoms with Crippen LogP contribution in [-0.4, -0.2) is 43.5 Å². The number of rotatable bonds is 1. The number of hydrogen-bond acceptors (Lipinski definition) is 4. The molecule has 1 spiro atoms. The number of likely N-dealkylation sites (tertiary alicyclic amines) is 1. The summed E-state index contributed by atoms with van der Waals surface area (Å²) in [4.78, 5) is 15.3. The minimum atomic E-state index is -0.301. The van der Waals surface area contributed by atoms with E-state index >= 15 is 0 Å². The van der Waals surface area contributed by atoms with Gasteiger partial charge in [-0.05, 0) is 49.9 Å².